The molecule has 0 heterocycles. The lowest BCUT2D eigenvalue weighted by molar-refractivity contribution is 0.322. The average Bonchev–Trinajstić information content (AvgIpc) is 2.02. The SMILES string of the molecule is CC(C)CCN=C(C=NO)N(C)C.Cl. The van der Waals surface area contributed by atoms with Gasteiger partial charge in [0.1, 0.15) is 12.1 Å². The summed E-state index contributed by atoms with van der Waals surface area (Å²) in [5.74, 6) is 1.35. The molecule has 0 aliphatic carbocycles. The molecule has 0 atom stereocenters. The smallest absolute Gasteiger partial charge is 0.145 e. The molecule has 0 aliphatic heterocycles. The van der Waals surface area contributed by atoms with Gasteiger partial charge in [0.05, 0.1) is 0 Å². The fourth-order valence-electron chi connectivity index (χ4n) is 0.787. The minimum absolute atomic E-state index is 0. The Labute approximate surface area is 92.1 Å². The van der Waals surface area contributed by atoms with Gasteiger partial charge in [0.15, 0.2) is 0 Å². The molecule has 0 aromatic rings. The monoisotopic (exact) mass is 221 g/mol. The van der Waals surface area contributed by atoms with Crippen LogP contribution in [0, 0.1) is 5.92 Å². The summed E-state index contributed by atoms with van der Waals surface area (Å²) in [6.07, 6.45) is 2.40. The third-order valence-electron chi connectivity index (χ3n) is 1.61. The summed E-state index contributed by atoms with van der Waals surface area (Å²) in [4.78, 5) is 6.11. The Kier molecular flexibility index (Phi) is 9.88. The van der Waals surface area contributed by atoms with E-state index in [1.54, 1.807) is 0 Å². The third kappa shape index (κ3) is 7.86. The Morgan fingerprint density at radius 2 is 2.00 bits per heavy atom. The van der Waals surface area contributed by atoms with Crippen molar-refractivity contribution in [2.24, 2.45) is 16.1 Å². The number of aliphatic imine (C=N–C) groups is 1. The lowest BCUT2D eigenvalue weighted by Gasteiger charge is -2.11. The van der Waals surface area contributed by atoms with Crippen LogP contribution >= 0.6 is 12.4 Å². The Balaban J connectivity index is 0. The highest BCUT2D eigenvalue weighted by Crippen LogP contribution is 1.98. The van der Waals surface area contributed by atoms with Crippen molar-refractivity contribution in [3.8, 4) is 0 Å². The van der Waals surface area contributed by atoms with Gasteiger partial charge < -0.3 is 10.1 Å². The summed E-state index contributed by atoms with van der Waals surface area (Å²) in [6, 6.07) is 0. The Morgan fingerprint density at radius 3 is 2.36 bits per heavy atom. The van der Waals surface area contributed by atoms with E-state index in [4.69, 9.17) is 5.21 Å². The number of halogens is 1. The van der Waals surface area contributed by atoms with Crippen molar-refractivity contribution >= 4 is 24.5 Å². The number of oxime groups is 1. The minimum atomic E-state index is 0. The van der Waals surface area contributed by atoms with Crippen LogP contribution in [-0.4, -0.2) is 42.8 Å². The number of nitrogens with zero attached hydrogens (tertiary/aromatic N) is 3. The van der Waals surface area contributed by atoms with E-state index >= 15 is 0 Å². The van der Waals surface area contributed by atoms with Crippen LogP contribution in [-0.2, 0) is 0 Å². The maximum absolute atomic E-state index is 8.36. The van der Waals surface area contributed by atoms with Gasteiger partial charge in [-0.2, -0.15) is 0 Å². The molecule has 84 valence electrons. The van der Waals surface area contributed by atoms with Crippen LogP contribution in [0.4, 0.5) is 0 Å². The van der Waals surface area contributed by atoms with Gasteiger partial charge >= 0.3 is 0 Å². The number of amidine groups is 1. The summed E-state index contributed by atoms with van der Waals surface area (Å²) in [5.41, 5.74) is 0. The second-order valence-corrected chi connectivity index (χ2v) is 3.56. The van der Waals surface area contributed by atoms with E-state index in [1.165, 1.54) is 6.21 Å². The van der Waals surface area contributed by atoms with E-state index in [0.29, 0.717) is 11.8 Å². The molecule has 0 aromatic carbocycles. The van der Waals surface area contributed by atoms with Gasteiger partial charge in [0.25, 0.3) is 0 Å². The van der Waals surface area contributed by atoms with Gasteiger partial charge in [-0.15, -0.1) is 12.4 Å². The van der Waals surface area contributed by atoms with Crippen LogP contribution in [0.3, 0.4) is 0 Å². The summed E-state index contributed by atoms with van der Waals surface area (Å²) in [7, 11) is 3.74. The van der Waals surface area contributed by atoms with Crippen molar-refractivity contribution in [3.63, 3.8) is 0 Å². The normalized spacial score (nSPS) is 11.9. The van der Waals surface area contributed by atoms with E-state index in [-0.39, 0.29) is 12.4 Å². The van der Waals surface area contributed by atoms with Gasteiger partial charge in [-0.1, -0.05) is 19.0 Å². The van der Waals surface area contributed by atoms with Gasteiger partial charge in [-0.05, 0) is 12.3 Å². The summed E-state index contributed by atoms with van der Waals surface area (Å²) < 4.78 is 0. The predicted octanol–water partition coefficient (Wildman–Crippen LogP) is 1.87. The lowest BCUT2D eigenvalue weighted by atomic mass is 10.1. The molecule has 0 saturated carbocycles. The molecule has 14 heavy (non-hydrogen) atoms. The first-order valence-electron chi connectivity index (χ1n) is 4.47. The van der Waals surface area contributed by atoms with E-state index in [1.807, 2.05) is 19.0 Å². The number of rotatable bonds is 4. The van der Waals surface area contributed by atoms with Crippen molar-refractivity contribution in [1.29, 1.82) is 0 Å². The van der Waals surface area contributed by atoms with E-state index in [9.17, 15) is 0 Å². The van der Waals surface area contributed by atoms with Crippen LogP contribution in [0.15, 0.2) is 10.1 Å². The molecule has 0 aliphatic rings. The zero-order valence-corrected chi connectivity index (χ0v) is 10.1. The maximum Gasteiger partial charge on any atom is 0.145 e. The largest absolute Gasteiger partial charge is 0.411 e. The Morgan fingerprint density at radius 1 is 1.43 bits per heavy atom. The second-order valence-electron chi connectivity index (χ2n) is 3.56. The summed E-state index contributed by atoms with van der Waals surface area (Å²) in [6.45, 7) is 5.09. The van der Waals surface area contributed by atoms with Crippen molar-refractivity contribution < 1.29 is 5.21 Å². The molecular weight excluding hydrogens is 202 g/mol. The summed E-state index contributed by atoms with van der Waals surface area (Å²) in [5, 5.41) is 11.3. The quantitative estimate of drug-likeness (QED) is 0.341. The zero-order valence-electron chi connectivity index (χ0n) is 9.27. The molecule has 0 amide bonds. The van der Waals surface area contributed by atoms with Gasteiger partial charge in [0, 0.05) is 20.6 Å². The van der Waals surface area contributed by atoms with Crippen molar-refractivity contribution in [2.75, 3.05) is 20.6 Å². The highest BCUT2D eigenvalue weighted by Gasteiger charge is 1.98. The Hall–Kier alpha value is -0.770. The molecule has 5 heteroatoms. The number of hydrogen-bond donors (Lipinski definition) is 1. The average molecular weight is 222 g/mol. The zero-order chi connectivity index (χ0) is 10.3. The Bertz CT molecular complexity index is 190. The van der Waals surface area contributed by atoms with Crippen LogP contribution in [0.25, 0.3) is 0 Å². The molecule has 0 spiro atoms. The molecule has 4 nitrogen and oxygen atoms in total. The molecule has 0 radical (unpaired) electrons. The fraction of sp³-hybridized carbons (Fsp3) is 0.778. The first kappa shape index (κ1) is 15.7. The second kappa shape index (κ2) is 8.81. The van der Waals surface area contributed by atoms with E-state index in [2.05, 4.69) is 24.0 Å². The highest BCUT2D eigenvalue weighted by atomic mass is 35.5. The van der Waals surface area contributed by atoms with Crippen LogP contribution in [0.1, 0.15) is 20.3 Å². The van der Waals surface area contributed by atoms with Gasteiger partial charge in [-0.3, -0.25) is 4.99 Å². The van der Waals surface area contributed by atoms with E-state index in [0.717, 1.165) is 13.0 Å². The molecule has 0 aromatic heterocycles. The molecule has 0 saturated heterocycles. The molecule has 1 N–H and O–H groups in total. The standard InChI is InChI=1S/C9H19N3O.ClH/c1-8(2)5-6-10-9(7-11-13)12(3)4;/h7-8,13H,5-6H2,1-4H3;1H. The van der Waals surface area contributed by atoms with Crippen LogP contribution in [0.5, 0.6) is 0 Å². The molecule has 0 rings (SSSR count). The molecule has 0 bridgehead atoms. The minimum Gasteiger partial charge on any atom is -0.411 e. The number of hydrogen-bond acceptors (Lipinski definition) is 3. The van der Waals surface area contributed by atoms with Crippen LogP contribution < -0.4 is 0 Å². The highest BCUT2D eigenvalue weighted by molar-refractivity contribution is 6.28. The molecule has 0 fully saturated rings. The summed E-state index contributed by atoms with van der Waals surface area (Å²) >= 11 is 0. The van der Waals surface area contributed by atoms with Crippen molar-refractivity contribution in [1.82, 2.24) is 4.90 Å². The van der Waals surface area contributed by atoms with Crippen molar-refractivity contribution in [2.45, 2.75) is 20.3 Å². The van der Waals surface area contributed by atoms with Gasteiger partial charge in [-0.25, -0.2) is 0 Å². The topological polar surface area (TPSA) is 48.2 Å². The first-order valence-corrected chi connectivity index (χ1v) is 4.47. The lowest BCUT2D eigenvalue weighted by Crippen LogP contribution is -2.23. The van der Waals surface area contributed by atoms with Crippen molar-refractivity contribution in [3.05, 3.63) is 0 Å². The molecule has 0 unspecified atom stereocenters. The predicted molar refractivity (Wildman–Crippen MR) is 63.0 cm³/mol. The third-order valence-corrected chi connectivity index (χ3v) is 1.61. The first-order chi connectivity index (χ1) is 6.07. The van der Waals surface area contributed by atoms with Crippen LogP contribution in [0.2, 0.25) is 0 Å². The maximum atomic E-state index is 8.36. The fourth-order valence-corrected chi connectivity index (χ4v) is 0.787. The van der Waals surface area contributed by atoms with Gasteiger partial charge in [0.2, 0.25) is 0 Å². The van der Waals surface area contributed by atoms with E-state index < -0.39 is 0 Å². The molecular formula is C9H20ClN3O.